The number of halogens is 2. The van der Waals surface area contributed by atoms with E-state index in [1.165, 1.54) is 32.2 Å². The number of carbonyl (C=O) groups is 2. The minimum atomic E-state index is -1.63. The van der Waals surface area contributed by atoms with Gasteiger partial charge in [0.15, 0.2) is 0 Å². The first-order valence-corrected chi connectivity index (χ1v) is 19.7. The van der Waals surface area contributed by atoms with Gasteiger partial charge < -0.3 is 39.7 Å². The fourth-order valence-corrected chi connectivity index (χ4v) is 6.62. The maximum absolute atomic E-state index is 11.9. The van der Waals surface area contributed by atoms with Gasteiger partial charge in [0.25, 0.3) is 0 Å². The number of hydrogen-bond donors (Lipinski definition) is 7. The van der Waals surface area contributed by atoms with Gasteiger partial charge in [-0.1, -0.05) is 59.6 Å². The molecule has 0 amide bonds. The van der Waals surface area contributed by atoms with Crippen molar-refractivity contribution < 1.29 is 49.3 Å². The Balaban J connectivity index is 1.33. The molecule has 0 aliphatic rings. The summed E-state index contributed by atoms with van der Waals surface area (Å²) >= 11 is 13.3. The number of aromatic hydroxyl groups is 1. The maximum atomic E-state index is 11.9. The van der Waals surface area contributed by atoms with E-state index < -0.39 is 36.2 Å². The summed E-state index contributed by atoms with van der Waals surface area (Å²) in [5.41, 5.74) is 4.17. The average Bonchev–Trinajstić information content (AvgIpc) is 3.25. The van der Waals surface area contributed by atoms with E-state index in [4.69, 9.17) is 37.4 Å². The van der Waals surface area contributed by atoms with Gasteiger partial charge in [-0.05, 0) is 79.3 Å². The predicted octanol–water partition coefficient (Wildman–Crippen LogP) is 6.84. The summed E-state index contributed by atoms with van der Waals surface area (Å²) in [5.74, 6) is -1.75. The Morgan fingerprint density at radius 3 is 1.70 bits per heavy atom. The second-order valence-electron chi connectivity index (χ2n) is 14.8. The molecule has 0 radical (unpaired) electrons. The van der Waals surface area contributed by atoms with Crippen LogP contribution in [0.4, 0.5) is 0 Å². The highest BCUT2D eigenvalue weighted by atomic mass is 35.5. The molecular weight excluding hydrogens is 827 g/mol. The first kappa shape index (κ1) is 46.2. The molecule has 0 fully saturated rings. The number of ether oxygens (including phenoxy) is 3. The third kappa shape index (κ3) is 11.1. The number of nitriles is 1. The Bertz CT molecular complexity index is 2460. The lowest BCUT2D eigenvalue weighted by atomic mass is 9.92. The zero-order chi connectivity index (χ0) is 44.5. The summed E-state index contributed by atoms with van der Waals surface area (Å²) < 4.78 is 18.5. The highest BCUT2D eigenvalue weighted by Crippen LogP contribution is 2.37. The number of nitrogens with one attached hydrogen (secondary N) is 2. The third-order valence-corrected chi connectivity index (χ3v) is 11.0. The van der Waals surface area contributed by atoms with Crippen molar-refractivity contribution in [2.45, 2.75) is 71.7 Å². The molecule has 320 valence electrons. The molecule has 61 heavy (non-hydrogen) atoms. The number of rotatable bonds is 20. The van der Waals surface area contributed by atoms with Crippen molar-refractivity contribution in [2.75, 3.05) is 13.2 Å². The summed E-state index contributed by atoms with van der Waals surface area (Å²) in [6, 6.07) is 21.5. The van der Waals surface area contributed by atoms with Gasteiger partial charge in [0.2, 0.25) is 0 Å². The first-order chi connectivity index (χ1) is 29.0. The molecule has 0 saturated carbocycles. The maximum Gasteiger partial charge on any atom is 0.326 e. The number of benzene rings is 4. The van der Waals surface area contributed by atoms with Crippen molar-refractivity contribution in [3.8, 4) is 40.2 Å². The largest absolute Gasteiger partial charge is 0.507 e. The van der Waals surface area contributed by atoms with Crippen molar-refractivity contribution in [2.24, 2.45) is 0 Å². The molecular formula is C45H46Cl2N4O10. The Morgan fingerprint density at radius 1 is 0.705 bits per heavy atom. The van der Waals surface area contributed by atoms with Crippen LogP contribution < -0.4 is 24.8 Å². The highest BCUT2D eigenvalue weighted by Gasteiger charge is 2.33. The van der Waals surface area contributed by atoms with E-state index in [9.17, 15) is 40.4 Å². The number of phenolic OH excluding ortho intramolecular Hbond substituents is 1. The number of aliphatic carboxylic acids is 2. The summed E-state index contributed by atoms with van der Waals surface area (Å²) in [7, 11) is 0. The number of carboxylic acid groups (broad SMARTS) is 2. The predicted molar refractivity (Wildman–Crippen MR) is 228 cm³/mol. The molecule has 16 heteroatoms. The monoisotopic (exact) mass is 872 g/mol. The van der Waals surface area contributed by atoms with Crippen molar-refractivity contribution >= 4 is 35.1 Å². The Kier molecular flexibility index (Phi) is 15.2. The van der Waals surface area contributed by atoms with Crippen LogP contribution in [0, 0.1) is 25.2 Å². The molecule has 2 atom stereocenters. The molecule has 1 heterocycles. The second-order valence-corrected chi connectivity index (χ2v) is 15.7. The normalized spacial score (nSPS) is 13.1. The number of hydrogen-bond acceptors (Lipinski definition) is 12. The smallest absolute Gasteiger partial charge is 0.326 e. The summed E-state index contributed by atoms with van der Waals surface area (Å²) in [6.45, 7) is 5.59. The number of aliphatic hydroxyl groups excluding tert-OH is 2. The summed E-state index contributed by atoms with van der Waals surface area (Å²) in [4.78, 5) is 27.5. The van der Waals surface area contributed by atoms with Crippen LogP contribution in [0.2, 0.25) is 10.0 Å². The van der Waals surface area contributed by atoms with Gasteiger partial charge >= 0.3 is 11.9 Å². The van der Waals surface area contributed by atoms with Crippen LogP contribution in [0.5, 0.6) is 23.0 Å². The van der Waals surface area contributed by atoms with Gasteiger partial charge in [0.1, 0.15) is 60.0 Å². The molecule has 4 aromatic carbocycles. The van der Waals surface area contributed by atoms with E-state index in [-0.39, 0.29) is 54.5 Å². The van der Waals surface area contributed by atoms with Crippen LogP contribution in [-0.4, -0.2) is 66.7 Å². The van der Waals surface area contributed by atoms with Gasteiger partial charge in [0, 0.05) is 54.3 Å². The molecule has 0 bridgehead atoms. The number of aliphatic hydroxyl groups is 2. The summed E-state index contributed by atoms with van der Waals surface area (Å²) in [5, 5.41) is 64.5. The van der Waals surface area contributed by atoms with E-state index in [0.29, 0.717) is 33.8 Å². The van der Waals surface area contributed by atoms with Crippen LogP contribution in [0.25, 0.3) is 11.1 Å². The Labute approximate surface area is 362 Å². The highest BCUT2D eigenvalue weighted by molar-refractivity contribution is 6.32. The van der Waals surface area contributed by atoms with E-state index >= 15 is 0 Å². The standard InChI is InChI=1S/C45H46Cl2N4O10/c1-26-30(22-60-40-14-38(54)32(12-36(40)46)19-50-44(3,24-52)42(55)56)7-5-9-34(26)35-10-6-8-31(27(35)2)23-61-41-15-39(59-21-29-11-28(16-48)17-49-18-29)33(13-37(41)47)20-51-45(4,25-53)43(57)58/h5-15,17-18,50-54H,19-25H2,1-4H3,(H,55,56)(H,57,58)/t44?,45-/m0/s1. The van der Waals surface area contributed by atoms with Crippen LogP contribution in [0.15, 0.2) is 79.1 Å². The molecule has 0 spiro atoms. The lowest BCUT2D eigenvalue weighted by molar-refractivity contribution is -0.146. The molecule has 1 aromatic heterocycles. The number of aromatic nitrogens is 1. The molecule has 1 unspecified atom stereocenters. The quantitative estimate of drug-likeness (QED) is 0.0426. The second kappa shape index (κ2) is 20.1. The van der Waals surface area contributed by atoms with Crippen molar-refractivity contribution in [3.05, 3.63) is 134 Å². The summed E-state index contributed by atoms with van der Waals surface area (Å²) in [6.07, 6.45) is 3.01. The molecule has 14 nitrogen and oxygen atoms in total. The fourth-order valence-electron chi connectivity index (χ4n) is 6.14. The van der Waals surface area contributed by atoms with Crippen molar-refractivity contribution in [1.82, 2.24) is 15.6 Å². The van der Waals surface area contributed by atoms with Gasteiger partial charge in [-0.3, -0.25) is 25.2 Å². The van der Waals surface area contributed by atoms with Gasteiger partial charge in [-0.25, -0.2) is 0 Å². The zero-order valence-electron chi connectivity index (χ0n) is 33.9. The lowest BCUT2D eigenvalue weighted by Gasteiger charge is -2.25. The average molecular weight is 874 g/mol. The zero-order valence-corrected chi connectivity index (χ0v) is 35.4. The number of nitrogens with zero attached hydrogens (tertiary/aromatic N) is 2. The van der Waals surface area contributed by atoms with Crippen molar-refractivity contribution in [3.63, 3.8) is 0 Å². The number of carboxylic acids is 2. The minimum Gasteiger partial charge on any atom is -0.507 e. The van der Waals surface area contributed by atoms with E-state index in [2.05, 4.69) is 15.6 Å². The Hall–Kier alpha value is -5.92. The lowest BCUT2D eigenvalue weighted by Crippen LogP contribution is -2.52. The van der Waals surface area contributed by atoms with E-state index in [1.54, 1.807) is 24.4 Å². The Morgan fingerprint density at radius 2 is 1.20 bits per heavy atom. The van der Waals surface area contributed by atoms with Gasteiger partial charge in [-0.15, -0.1) is 0 Å². The first-order valence-electron chi connectivity index (χ1n) is 18.9. The molecule has 0 aliphatic heterocycles. The van der Waals surface area contributed by atoms with E-state index in [1.807, 2.05) is 56.3 Å². The van der Waals surface area contributed by atoms with Crippen LogP contribution in [0.1, 0.15) is 58.4 Å². The van der Waals surface area contributed by atoms with Crippen molar-refractivity contribution in [1.29, 1.82) is 5.26 Å². The topological polar surface area (TPSA) is 224 Å². The van der Waals surface area contributed by atoms with E-state index in [0.717, 1.165) is 33.4 Å². The SMILES string of the molecule is Cc1c(COc2cc(O)c(CNC(C)(CO)C(=O)O)cc2Cl)cccc1-c1cccc(COc2cc(OCc3cncc(C#N)c3)c(CN[C@@](C)(CO)C(=O)O)cc2Cl)c1C. The third-order valence-electron chi connectivity index (χ3n) is 10.4. The molecule has 0 aliphatic carbocycles. The van der Waals surface area contributed by atoms with Gasteiger partial charge in [0.05, 0.1) is 28.8 Å². The van der Waals surface area contributed by atoms with Crippen LogP contribution in [-0.2, 0) is 42.5 Å². The van der Waals surface area contributed by atoms with Crippen LogP contribution >= 0.6 is 23.2 Å². The number of phenols is 1. The molecule has 5 rings (SSSR count). The minimum absolute atomic E-state index is 0.0127. The molecule has 0 saturated heterocycles. The van der Waals surface area contributed by atoms with Gasteiger partial charge in [-0.2, -0.15) is 5.26 Å². The molecule has 7 N–H and O–H groups in total. The number of pyridine rings is 1. The molecule has 5 aromatic rings. The fraction of sp³-hybridized carbons (Fsp3) is 0.289. The van der Waals surface area contributed by atoms with Crippen LogP contribution in [0.3, 0.4) is 0 Å².